The number of ketones is 1. The van der Waals surface area contributed by atoms with Crippen molar-refractivity contribution in [3.05, 3.63) is 0 Å². The molecule has 1 heteroatoms. The Kier molecular flexibility index (Phi) is 7.10. The van der Waals surface area contributed by atoms with E-state index in [9.17, 15) is 4.79 Å². The Hall–Kier alpha value is -0.330. The lowest BCUT2D eigenvalue weighted by Crippen LogP contribution is -2.12. The van der Waals surface area contributed by atoms with Crippen molar-refractivity contribution < 1.29 is 4.79 Å². The average molecular weight is 278 g/mol. The van der Waals surface area contributed by atoms with Crippen LogP contribution in [0.5, 0.6) is 0 Å². The second-order valence-corrected chi connectivity index (χ2v) is 7.32. The SMILES string of the molecule is CCCCCCCCCCCCC(=O)C1CC2CC2C1. The molecule has 2 rings (SSSR count). The lowest BCUT2D eigenvalue weighted by molar-refractivity contribution is -0.123. The van der Waals surface area contributed by atoms with Crippen LogP contribution < -0.4 is 0 Å². The molecule has 2 saturated carbocycles. The van der Waals surface area contributed by atoms with Gasteiger partial charge in [-0.3, -0.25) is 4.79 Å². The highest BCUT2D eigenvalue weighted by Crippen LogP contribution is 2.54. The van der Waals surface area contributed by atoms with Gasteiger partial charge in [0.15, 0.2) is 0 Å². The van der Waals surface area contributed by atoms with Gasteiger partial charge in [0, 0.05) is 12.3 Å². The van der Waals surface area contributed by atoms with Gasteiger partial charge in [0.1, 0.15) is 5.78 Å². The fourth-order valence-electron chi connectivity index (χ4n) is 3.97. The van der Waals surface area contributed by atoms with Crippen LogP contribution in [-0.2, 0) is 4.79 Å². The van der Waals surface area contributed by atoms with E-state index in [-0.39, 0.29) is 0 Å². The standard InChI is InChI=1S/C19H34O/c1-2-3-4-5-6-7-8-9-10-11-12-19(20)18-14-16-13-17(16)15-18/h16-18H,2-15H2,1H3. The van der Waals surface area contributed by atoms with Crippen molar-refractivity contribution in [3.8, 4) is 0 Å². The summed E-state index contributed by atoms with van der Waals surface area (Å²) >= 11 is 0. The molecule has 0 aromatic rings. The van der Waals surface area contributed by atoms with Crippen LogP contribution in [0.15, 0.2) is 0 Å². The molecule has 0 heterocycles. The van der Waals surface area contributed by atoms with Gasteiger partial charge in [-0.05, 0) is 37.5 Å². The molecule has 0 aromatic heterocycles. The van der Waals surface area contributed by atoms with Crippen LogP contribution in [0.25, 0.3) is 0 Å². The first-order chi connectivity index (χ1) is 9.81. The highest BCUT2D eigenvalue weighted by atomic mass is 16.1. The lowest BCUT2D eigenvalue weighted by Gasteiger charge is -2.10. The van der Waals surface area contributed by atoms with Crippen LogP contribution in [0.4, 0.5) is 0 Å². The zero-order valence-electron chi connectivity index (χ0n) is 13.5. The van der Waals surface area contributed by atoms with Crippen molar-refractivity contribution in [2.24, 2.45) is 17.8 Å². The molecule has 2 unspecified atom stereocenters. The van der Waals surface area contributed by atoms with Gasteiger partial charge in [-0.1, -0.05) is 64.7 Å². The molecule has 2 fully saturated rings. The number of carbonyl (C=O) groups is 1. The molecular formula is C19H34O. The number of rotatable bonds is 12. The number of fused-ring (bicyclic) bond motifs is 1. The smallest absolute Gasteiger partial charge is 0.135 e. The Morgan fingerprint density at radius 3 is 1.80 bits per heavy atom. The Morgan fingerprint density at radius 1 is 0.750 bits per heavy atom. The summed E-state index contributed by atoms with van der Waals surface area (Å²) in [6, 6.07) is 0. The quantitative estimate of drug-likeness (QED) is 0.405. The number of hydrogen-bond acceptors (Lipinski definition) is 1. The van der Waals surface area contributed by atoms with Crippen LogP contribution >= 0.6 is 0 Å². The van der Waals surface area contributed by atoms with Gasteiger partial charge in [0.05, 0.1) is 0 Å². The van der Waals surface area contributed by atoms with Gasteiger partial charge in [0.25, 0.3) is 0 Å². The third-order valence-electron chi connectivity index (χ3n) is 5.48. The zero-order chi connectivity index (χ0) is 14.2. The minimum Gasteiger partial charge on any atom is -0.299 e. The van der Waals surface area contributed by atoms with Crippen LogP contribution in [0.1, 0.15) is 96.8 Å². The van der Waals surface area contributed by atoms with Gasteiger partial charge in [0.2, 0.25) is 0 Å². The number of hydrogen-bond donors (Lipinski definition) is 0. The van der Waals surface area contributed by atoms with Crippen molar-refractivity contribution in [1.29, 1.82) is 0 Å². The molecule has 0 aromatic carbocycles. The summed E-state index contributed by atoms with van der Waals surface area (Å²) in [5.74, 6) is 2.97. The maximum Gasteiger partial charge on any atom is 0.135 e. The summed E-state index contributed by atoms with van der Waals surface area (Å²) in [6.07, 6.45) is 18.4. The van der Waals surface area contributed by atoms with Crippen molar-refractivity contribution in [2.75, 3.05) is 0 Å². The fourth-order valence-corrected chi connectivity index (χ4v) is 3.97. The summed E-state index contributed by atoms with van der Waals surface area (Å²) in [6.45, 7) is 2.27. The summed E-state index contributed by atoms with van der Waals surface area (Å²) in [5, 5.41) is 0. The predicted octanol–water partition coefficient (Wildman–Crippen LogP) is 5.91. The number of unbranched alkanes of at least 4 members (excludes halogenated alkanes) is 9. The van der Waals surface area contributed by atoms with E-state index in [1.165, 1.54) is 77.0 Å². The van der Waals surface area contributed by atoms with Crippen LogP contribution in [0.2, 0.25) is 0 Å². The number of carbonyl (C=O) groups excluding carboxylic acids is 1. The van der Waals surface area contributed by atoms with Crippen molar-refractivity contribution in [2.45, 2.75) is 96.8 Å². The van der Waals surface area contributed by atoms with E-state index in [2.05, 4.69) is 6.92 Å². The normalized spacial score (nSPS) is 27.6. The Morgan fingerprint density at radius 2 is 1.25 bits per heavy atom. The predicted molar refractivity (Wildman–Crippen MR) is 85.8 cm³/mol. The molecule has 0 bridgehead atoms. The first-order valence-electron chi connectivity index (χ1n) is 9.34. The zero-order valence-corrected chi connectivity index (χ0v) is 13.5. The monoisotopic (exact) mass is 278 g/mol. The van der Waals surface area contributed by atoms with E-state index in [1.807, 2.05) is 0 Å². The largest absolute Gasteiger partial charge is 0.299 e. The first kappa shape index (κ1) is 16.0. The second kappa shape index (κ2) is 8.85. The summed E-state index contributed by atoms with van der Waals surface area (Å²) in [7, 11) is 0. The fraction of sp³-hybridized carbons (Fsp3) is 0.947. The molecule has 0 N–H and O–H groups in total. The maximum atomic E-state index is 12.0. The molecule has 0 saturated heterocycles. The lowest BCUT2D eigenvalue weighted by atomic mass is 9.94. The summed E-state index contributed by atoms with van der Waals surface area (Å²) in [5.41, 5.74) is 0. The first-order valence-corrected chi connectivity index (χ1v) is 9.34. The average Bonchev–Trinajstić information content (AvgIpc) is 3.07. The Balaban J connectivity index is 1.34. The van der Waals surface area contributed by atoms with Gasteiger partial charge in [-0.15, -0.1) is 0 Å². The van der Waals surface area contributed by atoms with Gasteiger partial charge in [-0.2, -0.15) is 0 Å². The highest BCUT2D eigenvalue weighted by molar-refractivity contribution is 5.81. The van der Waals surface area contributed by atoms with E-state index >= 15 is 0 Å². The molecule has 0 radical (unpaired) electrons. The molecular weight excluding hydrogens is 244 g/mol. The van der Waals surface area contributed by atoms with Gasteiger partial charge in [-0.25, -0.2) is 0 Å². The molecule has 2 atom stereocenters. The van der Waals surface area contributed by atoms with Crippen LogP contribution in [0, 0.1) is 17.8 Å². The molecule has 2 aliphatic rings. The topological polar surface area (TPSA) is 17.1 Å². The molecule has 0 spiro atoms. The Bertz CT molecular complexity index is 273. The summed E-state index contributed by atoms with van der Waals surface area (Å²) in [4.78, 5) is 12.0. The Labute approximate surface area is 125 Å². The maximum absolute atomic E-state index is 12.0. The van der Waals surface area contributed by atoms with E-state index in [0.29, 0.717) is 11.7 Å². The van der Waals surface area contributed by atoms with E-state index in [4.69, 9.17) is 0 Å². The number of Topliss-reactive ketones (excluding diaryl/α,β-unsaturated/α-hetero) is 1. The van der Waals surface area contributed by atoms with Crippen molar-refractivity contribution in [1.82, 2.24) is 0 Å². The van der Waals surface area contributed by atoms with Gasteiger partial charge >= 0.3 is 0 Å². The molecule has 2 aliphatic carbocycles. The molecule has 116 valence electrons. The second-order valence-electron chi connectivity index (χ2n) is 7.32. The van der Waals surface area contributed by atoms with Crippen molar-refractivity contribution >= 4 is 5.78 Å². The molecule has 0 amide bonds. The molecule has 1 nitrogen and oxygen atoms in total. The van der Waals surface area contributed by atoms with E-state index in [0.717, 1.165) is 24.7 Å². The van der Waals surface area contributed by atoms with Crippen molar-refractivity contribution in [3.63, 3.8) is 0 Å². The minimum atomic E-state index is 0.470. The minimum absolute atomic E-state index is 0.470. The van der Waals surface area contributed by atoms with Crippen LogP contribution in [-0.4, -0.2) is 5.78 Å². The summed E-state index contributed by atoms with van der Waals surface area (Å²) < 4.78 is 0. The third-order valence-corrected chi connectivity index (χ3v) is 5.48. The molecule has 0 aliphatic heterocycles. The van der Waals surface area contributed by atoms with E-state index in [1.54, 1.807) is 0 Å². The third kappa shape index (κ3) is 5.58. The molecule has 20 heavy (non-hydrogen) atoms. The van der Waals surface area contributed by atoms with Crippen LogP contribution in [0.3, 0.4) is 0 Å². The van der Waals surface area contributed by atoms with E-state index < -0.39 is 0 Å². The van der Waals surface area contributed by atoms with Gasteiger partial charge < -0.3 is 0 Å². The highest BCUT2D eigenvalue weighted by Gasteiger charge is 2.47.